The summed E-state index contributed by atoms with van der Waals surface area (Å²) in [6.07, 6.45) is 1.93. The molecule has 0 aliphatic carbocycles. The van der Waals surface area contributed by atoms with E-state index in [1.165, 1.54) is 11.3 Å². The van der Waals surface area contributed by atoms with Gasteiger partial charge in [0.15, 0.2) is 0 Å². The SMILES string of the molecule is Cn1c(=O)n(C)c2cc(C(=O)N3CCC[C@@H]4CN(C(=O)c5cc6ncsc6[nH]5)C[C@H]43)ccc21. The Bertz CT molecular complexity index is 1450. The Morgan fingerprint density at radius 1 is 1.09 bits per heavy atom. The van der Waals surface area contributed by atoms with E-state index < -0.39 is 0 Å². The first-order valence-corrected chi connectivity index (χ1v) is 12.0. The standard InChI is InChI=1S/C23H24N6O3S/c1-26-17-6-5-13(8-18(17)27(2)23(26)32)21(30)29-7-3-4-14-10-28(11-19(14)29)22(31)16-9-15-20(25-16)33-12-24-15/h5-6,8-9,12,14,19,25H,3-4,7,10-11H2,1-2H3/t14-,19-/m1/s1. The Kier molecular flexibility index (Phi) is 4.48. The minimum atomic E-state index is -0.114. The summed E-state index contributed by atoms with van der Waals surface area (Å²) in [5, 5.41) is 0. The minimum absolute atomic E-state index is 0.000283. The summed E-state index contributed by atoms with van der Waals surface area (Å²) in [4.78, 5) is 51.1. The van der Waals surface area contributed by atoms with Crippen molar-refractivity contribution in [3.8, 4) is 0 Å². The van der Waals surface area contributed by atoms with Gasteiger partial charge in [0.25, 0.3) is 11.8 Å². The number of amides is 2. The van der Waals surface area contributed by atoms with Crippen LogP contribution in [0.25, 0.3) is 21.4 Å². The topological polar surface area (TPSA) is 96.2 Å². The number of imidazole rings is 1. The van der Waals surface area contributed by atoms with Gasteiger partial charge in [-0.3, -0.25) is 18.7 Å². The Hall–Kier alpha value is -3.40. The summed E-state index contributed by atoms with van der Waals surface area (Å²) in [6, 6.07) is 7.24. The fraction of sp³-hybridized carbons (Fsp3) is 0.391. The van der Waals surface area contributed by atoms with E-state index in [0.717, 1.165) is 34.2 Å². The van der Waals surface area contributed by atoms with Crippen molar-refractivity contribution < 1.29 is 9.59 Å². The molecule has 0 saturated carbocycles. The zero-order chi connectivity index (χ0) is 22.9. The Morgan fingerprint density at radius 2 is 1.91 bits per heavy atom. The number of H-pyrrole nitrogens is 1. The van der Waals surface area contributed by atoms with Gasteiger partial charge in [-0.25, -0.2) is 9.78 Å². The van der Waals surface area contributed by atoms with E-state index in [1.807, 2.05) is 15.9 Å². The first kappa shape index (κ1) is 20.2. The Labute approximate surface area is 193 Å². The van der Waals surface area contributed by atoms with Crippen molar-refractivity contribution in [1.29, 1.82) is 0 Å². The number of aromatic nitrogens is 4. The van der Waals surface area contributed by atoms with E-state index in [4.69, 9.17) is 0 Å². The summed E-state index contributed by atoms with van der Waals surface area (Å²) in [5.41, 5.74) is 5.12. The van der Waals surface area contributed by atoms with E-state index in [9.17, 15) is 14.4 Å². The lowest BCUT2D eigenvalue weighted by molar-refractivity contribution is 0.0564. The summed E-state index contributed by atoms with van der Waals surface area (Å²) in [7, 11) is 3.45. The third kappa shape index (κ3) is 3.04. The fourth-order valence-electron chi connectivity index (χ4n) is 5.44. The number of aryl methyl sites for hydroxylation is 2. The highest BCUT2D eigenvalue weighted by Gasteiger charge is 2.43. The molecular weight excluding hydrogens is 440 g/mol. The van der Waals surface area contributed by atoms with Crippen LogP contribution in [0.5, 0.6) is 0 Å². The molecule has 2 aliphatic rings. The van der Waals surface area contributed by atoms with Crippen molar-refractivity contribution >= 4 is 44.5 Å². The van der Waals surface area contributed by atoms with E-state index in [2.05, 4.69) is 9.97 Å². The maximum Gasteiger partial charge on any atom is 0.328 e. The quantitative estimate of drug-likeness (QED) is 0.492. The van der Waals surface area contributed by atoms with Crippen LogP contribution in [0, 0.1) is 5.92 Å². The van der Waals surface area contributed by atoms with Crippen LogP contribution in [0.15, 0.2) is 34.6 Å². The van der Waals surface area contributed by atoms with Crippen LogP contribution in [0.2, 0.25) is 0 Å². The number of thiazole rings is 1. The van der Waals surface area contributed by atoms with Crippen LogP contribution < -0.4 is 5.69 Å². The molecule has 2 saturated heterocycles. The number of hydrogen-bond donors (Lipinski definition) is 1. The molecule has 2 fully saturated rings. The van der Waals surface area contributed by atoms with E-state index in [0.29, 0.717) is 30.9 Å². The van der Waals surface area contributed by atoms with Gasteiger partial charge in [0.2, 0.25) is 0 Å². The molecular formula is C23H24N6O3S. The average molecular weight is 465 g/mol. The van der Waals surface area contributed by atoms with E-state index >= 15 is 0 Å². The largest absolute Gasteiger partial charge is 0.341 e. The molecule has 2 amide bonds. The maximum absolute atomic E-state index is 13.5. The highest BCUT2D eigenvalue weighted by molar-refractivity contribution is 7.16. The molecule has 5 heterocycles. The molecule has 9 nitrogen and oxygen atoms in total. The van der Waals surface area contributed by atoms with Crippen LogP contribution >= 0.6 is 11.3 Å². The lowest BCUT2D eigenvalue weighted by Crippen LogP contribution is -2.48. The first-order valence-electron chi connectivity index (χ1n) is 11.1. The average Bonchev–Trinajstić information content (AvgIpc) is 3.58. The van der Waals surface area contributed by atoms with Crippen molar-refractivity contribution in [3.63, 3.8) is 0 Å². The predicted octanol–water partition coefficient (Wildman–Crippen LogP) is 2.19. The number of benzene rings is 1. The normalized spacial score (nSPS) is 20.7. The number of carbonyl (C=O) groups is 2. The molecule has 0 unspecified atom stereocenters. The van der Waals surface area contributed by atoms with E-state index in [1.54, 1.807) is 46.9 Å². The van der Waals surface area contributed by atoms with Crippen molar-refractivity contribution in [3.05, 3.63) is 51.5 Å². The summed E-state index contributed by atoms with van der Waals surface area (Å²) in [6.45, 7) is 1.86. The zero-order valence-electron chi connectivity index (χ0n) is 18.4. The molecule has 0 spiro atoms. The summed E-state index contributed by atoms with van der Waals surface area (Å²) in [5.74, 6) is 0.190. The van der Waals surface area contributed by atoms with Gasteiger partial charge in [-0.2, -0.15) is 0 Å². The van der Waals surface area contributed by atoms with Crippen LogP contribution in [0.3, 0.4) is 0 Å². The Morgan fingerprint density at radius 3 is 2.73 bits per heavy atom. The molecule has 3 aromatic heterocycles. The summed E-state index contributed by atoms with van der Waals surface area (Å²) >= 11 is 1.48. The molecule has 170 valence electrons. The second kappa shape index (κ2) is 7.31. The number of nitrogens with zero attached hydrogens (tertiary/aromatic N) is 5. The molecule has 2 aliphatic heterocycles. The molecule has 1 aromatic carbocycles. The minimum Gasteiger partial charge on any atom is -0.341 e. The van der Waals surface area contributed by atoms with Crippen LogP contribution in [0.1, 0.15) is 33.7 Å². The number of likely N-dealkylation sites (tertiary alicyclic amines) is 2. The molecule has 6 rings (SSSR count). The van der Waals surface area contributed by atoms with Crippen molar-refractivity contribution in [1.82, 2.24) is 28.9 Å². The van der Waals surface area contributed by atoms with Gasteiger partial charge < -0.3 is 14.8 Å². The van der Waals surface area contributed by atoms with Gasteiger partial charge in [-0.15, -0.1) is 11.3 Å². The highest BCUT2D eigenvalue weighted by Crippen LogP contribution is 2.33. The van der Waals surface area contributed by atoms with E-state index in [-0.39, 0.29) is 29.5 Å². The van der Waals surface area contributed by atoms with Crippen molar-refractivity contribution in [2.45, 2.75) is 18.9 Å². The predicted molar refractivity (Wildman–Crippen MR) is 126 cm³/mol. The highest BCUT2D eigenvalue weighted by atomic mass is 32.1. The monoisotopic (exact) mass is 464 g/mol. The lowest BCUT2D eigenvalue weighted by Gasteiger charge is -2.36. The second-order valence-corrected chi connectivity index (χ2v) is 9.89. The van der Waals surface area contributed by atoms with Crippen molar-refractivity contribution in [2.24, 2.45) is 20.0 Å². The fourth-order valence-corrected chi connectivity index (χ4v) is 6.11. The van der Waals surface area contributed by atoms with Gasteiger partial charge in [0.05, 0.1) is 22.6 Å². The van der Waals surface area contributed by atoms with Crippen molar-refractivity contribution in [2.75, 3.05) is 19.6 Å². The number of nitrogens with one attached hydrogen (secondary N) is 1. The maximum atomic E-state index is 13.5. The number of hydrogen-bond acceptors (Lipinski definition) is 5. The Balaban J connectivity index is 1.26. The molecule has 2 atom stereocenters. The summed E-state index contributed by atoms with van der Waals surface area (Å²) < 4.78 is 3.15. The van der Waals surface area contributed by atoms with Gasteiger partial charge in [0, 0.05) is 39.3 Å². The van der Waals surface area contributed by atoms with Crippen LogP contribution in [-0.4, -0.2) is 66.4 Å². The number of aromatic amines is 1. The second-order valence-electron chi connectivity index (χ2n) is 9.03. The van der Waals surface area contributed by atoms with Crippen LogP contribution in [0.4, 0.5) is 0 Å². The third-order valence-electron chi connectivity index (χ3n) is 7.20. The van der Waals surface area contributed by atoms with Gasteiger partial charge >= 0.3 is 5.69 Å². The number of carbonyl (C=O) groups excluding carboxylic acids is 2. The molecule has 0 bridgehead atoms. The molecule has 1 N–H and O–H groups in total. The number of fused-ring (bicyclic) bond motifs is 3. The third-order valence-corrected chi connectivity index (χ3v) is 7.96. The number of rotatable bonds is 2. The lowest BCUT2D eigenvalue weighted by atomic mass is 9.91. The molecule has 33 heavy (non-hydrogen) atoms. The van der Waals surface area contributed by atoms with Crippen LogP contribution in [-0.2, 0) is 14.1 Å². The van der Waals surface area contributed by atoms with Gasteiger partial charge in [0.1, 0.15) is 16.0 Å². The molecule has 0 radical (unpaired) electrons. The van der Waals surface area contributed by atoms with Gasteiger partial charge in [-0.1, -0.05) is 0 Å². The molecule has 10 heteroatoms. The number of piperidine rings is 1. The first-order chi connectivity index (χ1) is 15.9. The van der Waals surface area contributed by atoms with Gasteiger partial charge in [-0.05, 0) is 43.0 Å². The zero-order valence-corrected chi connectivity index (χ0v) is 19.3. The molecule has 4 aromatic rings. The smallest absolute Gasteiger partial charge is 0.328 e.